The molecule has 3 rings (SSSR count). The number of carboxylic acids is 1. The van der Waals surface area contributed by atoms with Crippen LogP contribution in [0.25, 0.3) is 6.08 Å². The Balaban J connectivity index is 1.97. The van der Waals surface area contributed by atoms with E-state index in [0.717, 1.165) is 17.7 Å². The molecule has 2 aliphatic heterocycles. The van der Waals surface area contributed by atoms with Crippen LogP contribution in [0.2, 0.25) is 0 Å². The van der Waals surface area contributed by atoms with E-state index in [1.807, 2.05) is 37.3 Å². The lowest BCUT2D eigenvalue weighted by Crippen LogP contribution is -2.60. The summed E-state index contributed by atoms with van der Waals surface area (Å²) < 4.78 is 5.16. The molecule has 2 amide bonds. The van der Waals surface area contributed by atoms with Crippen LogP contribution in [0.3, 0.4) is 0 Å². The Morgan fingerprint density at radius 2 is 1.93 bits per heavy atom. The summed E-state index contributed by atoms with van der Waals surface area (Å²) in [7, 11) is 1.60. The number of aliphatic carboxylic acids is 1. The van der Waals surface area contributed by atoms with Gasteiger partial charge >= 0.3 is 5.97 Å². The molecule has 2 aliphatic rings. The van der Waals surface area contributed by atoms with Gasteiger partial charge in [0.1, 0.15) is 11.3 Å². The third-order valence-electron chi connectivity index (χ3n) is 6.34. The summed E-state index contributed by atoms with van der Waals surface area (Å²) in [6.07, 6.45) is 5.21. The topological polar surface area (TPSA) is 95.9 Å². The van der Waals surface area contributed by atoms with E-state index >= 15 is 0 Å². The van der Waals surface area contributed by atoms with Gasteiger partial charge in [-0.15, -0.1) is 0 Å². The van der Waals surface area contributed by atoms with Gasteiger partial charge in [0.15, 0.2) is 0 Å². The van der Waals surface area contributed by atoms with Crippen LogP contribution in [0.4, 0.5) is 0 Å². The number of carboxylic acid groups (broad SMARTS) is 1. The van der Waals surface area contributed by atoms with Gasteiger partial charge < -0.3 is 9.84 Å². The second kappa shape index (κ2) is 8.60. The molecule has 2 heterocycles. The molecule has 2 N–H and O–H groups in total. The lowest BCUT2D eigenvalue weighted by atomic mass is 9.73. The first-order chi connectivity index (χ1) is 14.3. The Labute approximate surface area is 177 Å². The number of carbonyl (C=O) groups excluding carboxylic acids is 2. The van der Waals surface area contributed by atoms with Crippen LogP contribution in [0.15, 0.2) is 30.3 Å². The van der Waals surface area contributed by atoms with Crippen molar-refractivity contribution in [1.82, 2.24) is 10.2 Å². The first-order valence-corrected chi connectivity index (χ1v) is 10.5. The summed E-state index contributed by atoms with van der Waals surface area (Å²) in [5.74, 6) is -3.01. The fourth-order valence-electron chi connectivity index (χ4n) is 4.65. The number of nitrogens with one attached hydrogen (secondary N) is 1. The van der Waals surface area contributed by atoms with Gasteiger partial charge in [-0.1, -0.05) is 51.5 Å². The van der Waals surface area contributed by atoms with E-state index < -0.39 is 29.4 Å². The Bertz CT molecular complexity index is 848. The quantitative estimate of drug-likeness (QED) is 0.635. The molecular weight excluding hydrogens is 384 g/mol. The Kier molecular flexibility index (Phi) is 6.31. The molecule has 2 fully saturated rings. The van der Waals surface area contributed by atoms with Gasteiger partial charge in [-0.05, 0) is 30.0 Å². The summed E-state index contributed by atoms with van der Waals surface area (Å²) in [6.45, 7) is 5.88. The Morgan fingerprint density at radius 1 is 1.27 bits per heavy atom. The predicted molar refractivity (Wildman–Crippen MR) is 113 cm³/mol. The average molecular weight is 415 g/mol. The molecule has 0 spiro atoms. The molecule has 0 aromatic heterocycles. The number of nitrogens with zero attached hydrogens (tertiary/aromatic N) is 1. The van der Waals surface area contributed by atoms with Crippen LogP contribution in [-0.4, -0.2) is 53.0 Å². The van der Waals surface area contributed by atoms with Crippen LogP contribution < -0.4 is 10.1 Å². The average Bonchev–Trinajstić information content (AvgIpc) is 3.20. The number of rotatable bonds is 8. The highest BCUT2D eigenvalue weighted by Crippen LogP contribution is 2.47. The predicted octanol–water partition coefficient (Wildman–Crippen LogP) is 2.56. The van der Waals surface area contributed by atoms with Crippen LogP contribution in [0.1, 0.15) is 39.2 Å². The maximum Gasteiger partial charge on any atom is 0.325 e. The standard InChI is InChI=1S/C23H30N2O5/c1-5-6-13-25-20(26)18-17(12-9-15-7-10-16(30-4)11-8-15)24-23(14(2)3,22(28)29)19(18)21(25)27/h7-12,14,17-19,24H,5-6,13H2,1-4H3,(H,28,29). The molecule has 1 aromatic carbocycles. The second-order valence-electron chi connectivity index (χ2n) is 8.32. The van der Waals surface area contributed by atoms with Crippen LogP contribution >= 0.6 is 0 Å². The van der Waals surface area contributed by atoms with E-state index in [-0.39, 0.29) is 17.7 Å². The molecule has 30 heavy (non-hydrogen) atoms. The summed E-state index contributed by atoms with van der Waals surface area (Å²) >= 11 is 0. The van der Waals surface area contributed by atoms with Crippen molar-refractivity contribution in [3.8, 4) is 5.75 Å². The van der Waals surface area contributed by atoms with Gasteiger partial charge in [0.25, 0.3) is 0 Å². The van der Waals surface area contributed by atoms with E-state index in [1.165, 1.54) is 4.90 Å². The Hall–Kier alpha value is -2.67. The third kappa shape index (κ3) is 3.51. The summed E-state index contributed by atoms with van der Waals surface area (Å²) in [5, 5.41) is 13.3. The van der Waals surface area contributed by atoms with Crippen molar-refractivity contribution in [2.75, 3.05) is 13.7 Å². The highest BCUT2D eigenvalue weighted by atomic mass is 16.5. The molecule has 162 valence electrons. The van der Waals surface area contributed by atoms with Gasteiger partial charge in [0.2, 0.25) is 11.8 Å². The maximum atomic E-state index is 13.2. The molecule has 0 saturated carbocycles. The number of fused-ring (bicyclic) bond motifs is 1. The van der Waals surface area contributed by atoms with E-state index in [0.29, 0.717) is 13.0 Å². The number of ether oxygens (including phenoxy) is 1. The lowest BCUT2D eigenvalue weighted by Gasteiger charge is -2.34. The monoisotopic (exact) mass is 414 g/mol. The van der Waals surface area contributed by atoms with Crippen molar-refractivity contribution >= 4 is 23.9 Å². The van der Waals surface area contributed by atoms with E-state index in [4.69, 9.17) is 4.74 Å². The normalized spacial score (nSPS) is 28.6. The number of hydrogen-bond donors (Lipinski definition) is 2. The summed E-state index contributed by atoms with van der Waals surface area (Å²) in [6, 6.07) is 6.88. The second-order valence-corrected chi connectivity index (χ2v) is 8.32. The van der Waals surface area contributed by atoms with Crippen LogP contribution in [-0.2, 0) is 14.4 Å². The number of amides is 2. The maximum absolute atomic E-state index is 13.2. The number of methoxy groups -OCH3 is 1. The third-order valence-corrected chi connectivity index (χ3v) is 6.34. The zero-order valence-corrected chi connectivity index (χ0v) is 17.9. The summed E-state index contributed by atoms with van der Waals surface area (Å²) in [4.78, 5) is 40.0. The Morgan fingerprint density at radius 3 is 2.47 bits per heavy atom. The highest BCUT2D eigenvalue weighted by Gasteiger charge is 2.68. The van der Waals surface area contributed by atoms with Crippen molar-refractivity contribution in [2.24, 2.45) is 17.8 Å². The van der Waals surface area contributed by atoms with Crippen molar-refractivity contribution in [1.29, 1.82) is 0 Å². The molecule has 4 atom stereocenters. The van der Waals surface area contributed by atoms with E-state index in [9.17, 15) is 19.5 Å². The van der Waals surface area contributed by atoms with Crippen molar-refractivity contribution in [3.63, 3.8) is 0 Å². The largest absolute Gasteiger partial charge is 0.497 e. The van der Waals surface area contributed by atoms with Gasteiger partial charge in [-0.2, -0.15) is 0 Å². The first kappa shape index (κ1) is 22.0. The highest BCUT2D eigenvalue weighted by molar-refractivity contribution is 6.09. The minimum atomic E-state index is -1.48. The van der Waals surface area contributed by atoms with Gasteiger partial charge in [0, 0.05) is 12.6 Å². The number of carbonyl (C=O) groups is 3. The fraction of sp³-hybridized carbons (Fsp3) is 0.522. The smallest absolute Gasteiger partial charge is 0.325 e. The molecule has 0 bridgehead atoms. The van der Waals surface area contributed by atoms with Gasteiger partial charge in [-0.3, -0.25) is 24.6 Å². The molecule has 0 aliphatic carbocycles. The molecular formula is C23H30N2O5. The minimum absolute atomic E-state index is 0.279. The van der Waals surface area contributed by atoms with Crippen molar-refractivity contribution < 1.29 is 24.2 Å². The number of hydrogen-bond acceptors (Lipinski definition) is 5. The molecule has 1 aromatic rings. The fourth-order valence-corrected chi connectivity index (χ4v) is 4.65. The molecule has 0 radical (unpaired) electrons. The SMILES string of the molecule is CCCCN1C(=O)C2C(C=Cc3ccc(OC)cc3)NC(C(=O)O)(C(C)C)C2C1=O. The van der Waals surface area contributed by atoms with Crippen molar-refractivity contribution in [2.45, 2.75) is 45.2 Å². The molecule has 7 nitrogen and oxygen atoms in total. The zero-order valence-electron chi connectivity index (χ0n) is 17.9. The lowest BCUT2D eigenvalue weighted by molar-refractivity contribution is -0.153. The zero-order chi connectivity index (χ0) is 22.1. The number of unbranched alkanes of at least 4 members (excludes halogenated alkanes) is 1. The minimum Gasteiger partial charge on any atom is -0.497 e. The molecule has 2 saturated heterocycles. The van der Waals surface area contributed by atoms with Crippen LogP contribution in [0, 0.1) is 17.8 Å². The summed E-state index contributed by atoms with van der Waals surface area (Å²) in [5.41, 5.74) is -0.584. The first-order valence-electron chi connectivity index (χ1n) is 10.5. The molecule has 7 heteroatoms. The number of imide groups is 1. The molecule has 4 unspecified atom stereocenters. The van der Waals surface area contributed by atoms with Crippen molar-refractivity contribution in [3.05, 3.63) is 35.9 Å². The number of likely N-dealkylation sites (tertiary alicyclic amines) is 1. The van der Waals surface area contributed by atoms with E-state index in [2.05, 4.69) is 5.32 Å². The van der Waals surface area contributed by atoms with Crippen LogP contribution in [0.5, 0.6) is 5.75 Å². The number of benzene rings is 1. The van der Waals surface area contributed by atoms with E-state index in [1.54, 1.807) is 27.0 Å². The van der Waals surface area contributed by atoms with Gasteiger partial charge in [-0.25, -0.2) is 0 Å². The van der Waals surface area contributed by atoms with Gasteiger partial charge in [0.05, 0.1) is 18.9 Å².